The molecule has 0 saturated heterocycles. The molecule has 3 atom stereocenters. The van der Waals surface area contributed by atoms with Gasteiger partial charge in [-0.05, 0) is 37.6 Å². The lowest BCUT2D eigenvalue weighted by Crippen LogP contribution is -2.26. The van der Waals surface area contributed by atoms with Gasteiger partial charge in [0.2, 0.25) is 0 Å². The van der Waals surface area contributed by atoms with Gasteiger partial charge >= 0.3 is 8.00 Å². The first-order valence-electron chi connectivity index (χ1n) is 9.46. The van der Waals surface area contributed by atoms with Crippen LogP contribution in [0.2, 0.25) is 0 Å². The number of nitrogen functional groups attached to an aromatic ring is 1. The van der Waals surface area contributed by atoms with Crippen molar-refractivity contribution in [2.24, 2.45) is 5.73 Å². The standard InChI is InChI=1S/C19H23N6O5P/c1-3-14(18-24-17(21)15-19(25-18)23-8-22-15)29-9-28-10-31(27)30-13-6-4-12(5-7-13)16(26)11(2)20/h4-8,10-11,14H,3,9,20H2,1-2H3,(H3,21,22,23,24,25)/t11-,14-/m0/s1. The number of imidazole rings is 1. The summed E-state index contributed by atoms with van der Waals surface area (Å²) < 4.78 is 16.1. The summed E-state index contributed by atoms with van der Waals surface area (Å²) in [5, 5.41) is 0. The first-order chi connectivity index (χ1) is 14.9. The predicted molar refractivity (Wildman–Crippen MR) is 114 cm³/mol. The van der Waals surface area contributed by atoms with Gasteiger partial charge in [-0.15, -0.1) is 0 Å². The molecule has 1 aromatic carbocycles. The molecule has 1 unspecified atom stereocenters. The van der Waals surface area contributed by atoms with Crippen molar-refractivity contribution in [1.29, 1.82) is 0 Å². The molecule has 31 heavy (non-hydrogen) atoms. The van der Waals surface area contributed by atoms with Gasteiger partial charge < -0.3 is 26.1 Å². The van der Waals surface area contributed by atoms with Crippen LogP contribution >= 0.6 is 8.00 Å². The Kier molecular flexibility index (Phi) is 7.61. The van der Waals surface area contributed by atoms with E-state index in [0.29, 0.717) is 34.7 Å². The van der Waals surface area contributed by atoms with Crippen LogP contribution < -0.4 is 20.9 Å². The zero-order valence-corrected chi connectivity index (χ0v) is 17.9. The van der Waals surface area contributed by atoms with Crippen LogP contribution in [-0.2, 0) is 9.47 Å². The van der Waals surface area contributed by atoms with Crippen LogP contribution in [0.15, 0.2) is 30.6 Å². The molecule has 0 radical (unpaired) electrons. The number of ether oxygens (including phenoxy) is 2. The third kappa shape index (κ3) is 5.81. The molecule has 0 bridgehead atoms. The maximum absolute atomic E-state index is 12.0. The fourth-order valence-electron chi connectivity index (χ4n) is 2.67. The van der Waals surface area contributed by atoms with E-state index in [1.54, 1.807) is 19.1 Å². The van der Waals surface area contributed by atoms with Crippen molar-refractivity contribution in [3.63, 3.8) is 0 Å². The first-order valence-corrected chi connectivity index (χ1v) is 10.7. The van der Waals surface area contributed by atoms with Gasteiger partial charge in [0.25, 0.3) is 5.98 Å². The third-order valence-electron chi connectivity index (χ3n) is 4.24. The Morgan fingerprint density at radius 2 is 2.06 bits per heavy atom. The van der Waals surface area contributed by atoms with Crippen LogP contribution in [0, 0.1) is 0 Å². The van der Waals surface area contributed by atoms with E-state index in [9.17, 15) is 9.69 Å². The molecule has 0 aliphatic carbocycles. The number of nitrogens with two attached hydrogens (primary N) is 2. The topological polar surface area (TPSA) is 174 Å². The molecule has 0 fully saturated rings. The summed E-state index contributed by atoms with van der Waals surface area (Å²) in [5.41, 5.74) is 12.9. The number of anilines is 1. The number of hydrogen-bond donors (Lipinski definition) is 3. The molecule has 164 valence electrons. The second-order valence-corrected chi connectivity index (χ2v) is 7.54. The van der Waals surface area contributed by atoms with E-state index in [4.69, 9.17) is 25.5 Å². The molecule has 3 aromatic rings. The Labute approximate surface area is 179 Å². The molecule has 2 heterocycles. The number of hydrogen-bond acceptors (Lipinski definition) is 10. The summed E-state index contributed by atoms with van der Waals surface area (Å²) in [7, 11) is -2.26. The maximum Gasteiger partial charge on any atom is 0.303 e. The van der Waals surface area contributed by atoms with Crippen LogP contribution in [0.1, 0.15) is 42.6 Å². The third-order valence-corrected chi connectivity index (χ3v) is 4.95. The Morgan fingerprint density at radius 3 is 2.74 bits per heavy atom. The molecule has 5 N–H and O–H groups in total. The van der Waals surface area contributed by atoms with E-state index in [-0.39, 0.29) is 18.4 Å². The van der Waals surface area contributed by atoms with Crippen LogP contribution in [-0.4, -0.2) is 44.5 Å². The Bertz CT molecular complexity index is 1070. The van der Waals surface area contributed by atoms with Gasteiger partial charge in [-0.1, -0.05) is 6.92 Å². The minimum absolute atomic E-state index is 0.188. The molecule has 11 nitrogen and oxygen atoms in total. The number of nitrogens with zero attached hydrogens (tertiary/aromatic N) is 3. The largest absolute Gasteiger partial charge is 0.593 e. The van der Waals surface area contributed by atoms with Crippen molar-refractivity contribution in [2.75, 3.05) is 12.5 Å². The van der Waals surface area contributed by atoms with Crippen LogP contribution in [0.5, 0.6) is 5.75 Å². The van der Waals surface area contributed by atoms with Crippen LogP contribution in [0.3, 0.4) is 0 Å². The van der Waals surface area contributed by atoms with Crippen molar-refractivity contribution in [3.8, 4) is 5.75 Å². The van der Waals surface area contributed by atoms with Crippen molar-refractivity contribution < 1.29 is 23.7 Å². The molecule has 0 aliphatic rings. The number of aromatic nitrogens is 4. The highest BCUT2D eigenvalue weighted by Crippen LogP contribution is 2.23. The van der Waals surface area contributed by atoms with Crippen molar-refractivity contribution in [2.45, 2.75) is 32.4 Å². The van der Waals surface area contributed by atoms with Crippen LogP contribution in [0.25, 0.3) is 11.2 Å². The van der Waals surface area contributed by atoms with Gasteiger partial charge in [0.1, 0.15) is 11.6 Å². The number of nitrogens with one attached hydrogen (secondary N) is 1. The lowest BCUT2D eigenvalue weighted by Gasteiger charge is -2.14. The first kappa shape index (κ1) is 22.7. The minimum atomic E-state index is -2.26. The maximum atomic E-state index is 12.0. The molecular formula is C19H23N6O5P. The highest BCUT2D eigenvalue weighted by molar-refractivity contribution is 7.44. The Morgan fingerprint density at radius 1 is 1.32 bits per heavy atom. The van der Waals surface area contributed by atoms with Gasteiger partial charge in [0.15, 0.2) is 35.6 Å². The number of rotatable bonds is 10. The fraction of sp³-hybridized carbons (Fsp3) is 0.316. The number of carbonyl (C=O) groups excluding carboxylic acids is 1. The molecule has 0 aliphatic heterocycles. The highest BCUT2D eigenvalue weighted by Gasteiger charge is 2.17. The van der Waals surface area contributed by atoms with E-state index in [2.05, 4.69) is 19.9 Å². The van der Waals surface area contributed by atoms with E-state index in [1.165, 1.54) is 18.5 Å². The number of Topliss-reactive ketones (excluding diaryl/α,β-unsaturated/α-hetero) is 1. The van der Waals surface area contributed by atoms with Gasteiger partial charge in [0, 0.05) is 5.56 Å². The zero-order chi connectivity index (χ0) is 22.4. The number of aromatic amines is 1. The monoisotopic (exact) mass is 446 g/mol. The lowest BCUT2D eigenvalue weighted by molar-refractivity contribution is -0.166. The van der Waals surface area contributed by atoms with Crippen molar-refractivity contribution in [1.82, 2.24) is 19.9 Å². The van der Waals surface area contributed by atoms with Gasteiger partial charge in [-0.2, -0.15) is 0 Å². The van der Waals surface area contributed by atoms with Crippen LogP contribution in [0.4, 0.5) is 5.82 Å². The smallest absolute Gasteiger partial charge is 0.303 e. The lowest BCUT2D eigenvalue weighted by atomic mass is 10.1. The quantitative estimate of drug-likeness (QED) is 0.179. The van der Waals surface area contributed by atoms with E-state index >= 15 is 0 Å². The average Bonchev–Trinajstić information content (AvgIpc) is 3.23. The normalized spacial score (nSPS) is 13.9. The molecular weight excluding hydrogens is 423 g/mol. The number of fused-ring (bicyclic) bond motifs is 1. The highest BCUT2D eigenvalue weighted by atomic mass is 31.1. The molecule has 12 heteroatoms. The second kappa shape index (κ2) is 10.4. The SMILES string of the molecule is CC[C@H](OCO/C=[P+](\[O-])Oc1ccc(C(=O)[C@H](C)N)cc1)c1nc(N)c2[nH]cnc2n1. The second-order valence-electron chi connectivity index (χ2n) is 6.58. The van der Waals surface area contributed by atoms with Gasteiger partial charge in [-0.3, -0.25) is 14.1 Å². The predicted octanol–water partition coefficient (Wildman–Crippen LogP) is 1.42. The number of ketones is 1. The zero-order valence-electron chi connectivity index (χ0n) is 17.0. The number of benzene rings is 1. The van der Waals surface area contributed by atoms with E-state index < -0.39 is 20.1 Å². The Balaban J connectivity index is 1.52. The van der Waals surface area contributed by atoms with E-state index in [0.717, 1.165) is 5.98 Å². The molecule has 0 spiro atoms. The molecule has 3 rings (SSSR count). The fourth-order valence-corrected chi connectivity index (χ4v) is 3.23. The average molecular weight is 446 g/mol. The summed E-state index contributed by atoms with van der Waals surface area (Å²) in [4.78, 5) is 39.4. The molecule has 0 saturated carbocycles. The summed E-state index contributed by atoms with van der Waals surface area (Å²) >= 11 is 0. The van der Waals surface area contributed by atoms with Crippen molar-refractivity contribution >= 4 is 36.7 Å². The summed E-state index contributed by atoms with van der Waals surface area (Å²) in [6.45, 7) is 3.32. The Hall–Kier alpha value is -2.95. The number of carbonyl (C=O) groups is 1. The van der Waals surface area contributed by atoms with Crippen molar-refractivity contribution in [3.05, 3.63) is 42.0 Å². The van der Waals surface area contributed by atoms with Gasteiger partial charge in [0.05, 0.1) is 12.4 Å². The molecule has 2 aromatic heterocycles. The summed E-state index contributed by atoms with van der Waals surface area (Å²) in [6, 6.07) is 5.59. The summed E-state index contributed by atoms with van der Waals surface area (Å²) in [6.07, 6.45) is 1.57. The van der Waals surface area contributed by atoms with E-state index in [1.807, 2.05) is 6.92 Å². The van der Waals surface area contributed by atoms with Gasteiger partial charge in [-0.25, -0.2) is 15.0 Å². The number of H-pyrrole nitrogens is 1. The minimum Gasteiger partial charge on any atom is -0.593 e. The molecule has 0 amide bonds. The summed E-state index contributed by atoms with van der Waals surface area (Å²) in [5.74, 6) is 1.83.